The maximum atomic E-state index is 13.2. The van der Waals surface area contributed by atoms with Crippen LogP contribution in [-0.4, -0.2) is 58.3 Å². The number of aromatic nitrogens is 2. The third-order valence-corrected chi connectivity index (χ3v) is 7.11. The van der Waals surface area contributed by atoms with Crippen molar-refractivity contribution >= 4 is 52.4 Å². The lowest BCUT2D eigenvalue weighted by Gasteiger charge is -2.38. The first-order valence-electron chi connectivity index (χ1n) is 12.2. The number of amides is 1. The molecule has 0 unspecified atom stereocenters. The van der Waals surface area contributed by atoms with Gasteiger partial charge < -0.3 is 15.3 Å². The Morgan fingerprint density at radius 1 is 1.08 bits per heavy atom. The van der Waals surface area contributed by atoms with Gasteiger partial charge in [0.05, 0.1) is 22.8 Å². The summed E-state index contributed by atoms with van der Waals surface area (Å²) in [5, 5.41) is 13.3. The number of hydrogen-bond acceptors (Lipinski definition) is 6. The molecule has 13 heteroatoms. The summed E-state index contributed by atoms with van der Waals surface area (Å²) >= 11 is 12.7. The lowest BCUT2D eigenvalue weighted by molar-refractivity contribution is -0.137. The van der Waals surface area contributed by atoms with E-state index in [4.69, 9.17) is 23.2 Å². The molecule has 208 valence electrons. The highest BCUT2D eigenvalue weighted by Crippen LogP contribution is 2.33. The number of hydrogen-bond donors (Lipinski definition) is 2. The van der Waals surface area contributed by atoms with Crippen molar-refractivity contribution in [3.05, 3.63) is 69.8 Å². The summed E-state index contributed by atoms with van der Waals surface area (Å²) in [4.78, 5) is 25.8. The Kier molecular flexibility index (Phi) is 8.73. The van der Waals surface area contributed by atoms with Crippen LogP contribution in [0.15, 0.2) is 48.7 Å². The monoisotopic (exact) mass is 582 g/mol. The Hall–Kier alpha value is -3.28. The minimum Gasteiger partial charge on any atom is -0.465 e. The van der Waals surface area contributed by atoms with Crippen molar-refractivity contribution in [3.63, 3.8) is 0 Å². The van der Waals surface area contributed by atoms with Gasteiger partial charge in [-0.3, -0.25) is 9.80 Å². The molecule has 1 aliphatic rings. The van der Waals surface area contributed by atoms with Crippen molar-refractivity contribution in [3.8, 4) is 0 Å². The number of nitrogens with zero attached hydrogens (tertiary/aromatic N) is 5. The summed E-state index contributed by atoms with van der Waals surface area (Å²) in [6.07, 6.45) is -4.67. The smallest absolute Gasteiger partial charge is 0.416 e. The molecule has 1 amide bonds. The summed E-state index contributed by atoms with van der Waals surface area (Å²) < 4.78 is 39.5. The second kappa shape index (κ2) is 11.8. The molecular formula is C26H27Cl2F3N6O2. The molecule has 0 aliphatic carbocycles. The molecule has 0 saturated carbocycles. The SMILES string of the molecule is CC(C)N1CCN(c2ccc(Nc3nccc(N(Cc4cc(C(F)(F)F)ccc4Cl)C(=O)O)n3)cc2Cl)CC1. The average Bonchev–Trinajstić information content (AvgIpc) is 2.87. The number of halogens is 5. The van der Waals surface area contributed by atoms with E-state index in [1.54, 1.807) is 6.07 Å². The average molecular weight is 583 g/mol. The molecule has 0 bridgehead atoms. The van der Waals surface area contributed by atoms with Crippen molar-refractivity contribution in [2.24, 2.45) is 0 Å². The van der Waals surface area contributed by atoms with Crippen LogP contribution in [0.3, 0.4) is 0 Å². The van der Waals surface area contributed by atoms with Gasteiger partial charge in [0.1, 0.15) is 5.82 Å². The van der Waals surface area contributed by atoms with E-state index in [0.29, 0.717) is 16.8 Å². The predicted octanol–water partition coefficient (Wildman–Crippen LogP) is 6.76. The zero-order valence-electron chi connectivity index (χ0n) is 21.2. The summed E-state index contributed by atoms with van der Waals surface area (Å²) in [5.41, 5.74) is 0.554. The second-order valence-electron chi connectivity index (χ2n) is 9.32. The van der Waals surface area contributed by atoms with Crippen molar-refractivity contribution in [2.75, 3.05) is 41.3 Å². The van der Waals surface area contributed by atoms with Crippen LogP contribution in [0.4, 0.5) is 41.1 Å². The fourth-order valence-corrected chi connectivity index (χ4v) is 4.78. The maximum absolute atomic E-state index is 13.2. The molecule has 2 N–H and O–H groups in total. The Bertz CT molecular complexity index is 1330. The molecular weight excluding hydrogens is 556 g/mol. The number of piperazine rings is 1. The third-order valence-electron chi connectivity index (χ3n) is 6.44. The molecule has 2 heterocycles. The largest absolute Gasteiger partial charge is 0.465 e. The van der Waals surface area contributed by atoms with Gasteiger partial charge in [-0.25, -0.2) is 9.78 Å². The molecule has 0 atom stereocenters. The number of rotatable bonds is 7. The summed E-state index contributed by atoms with van der Waals surface area (Å²) in [7, 11) is 0. The van der Waals surface area contributed by atoms with Crippen molar-refractivity contribution in [2.45, 2.75) is 32.6 Å². The molecule has 1 saturated heterocycles. The van der Waals surface area contributed by atoms with E-state index in [1.165, 1.54) is 12.3 Å². The molecule has 1 aliphatic heterocycles. The lowest BCUT2D eigenvalue weighted by Crippen LogP contribution is -2.49. The molecule has 0 radical (unpaired) electrons. The van der Waals surface area contributed by atoms with E-state index in [9.17, 15) is 23.1 Å². The van der Waals surface area contributed by atoms with Crippen LogP contribution in [0.5, 0.6) is 0 Å². The molecule has 1 fully saturated rings. The number of benzene rings is 2. The van der Waals surface area contributed by atoms with Crippen LogP contribution in [0, 0.1) is 0 Å². The van der Waals surface area contributed by atoms with E-state index in [-0.39, 0.29) is 22.4 Å². The molecule has 2 aromatic carbocycles. The fourth-order valence-electron chi connectivity index (χ4n) is 4.30. The lowest BCUT2D eigenvalue weighted by atomic mass is 10.1. The van der Waals surface area contributed by atoms with Gasteiger partial charge in [0.15, 0.2) is 0 Å². The van der Waals surface area contributed by atoms with Gasteiger partial charge in [0.2, 0.25) is 5.95 Å². The van der Waals surface area contributed by atoms with Crippen molar-refractivity contribution < 1.29 is 23.1 Å². The van der Waals surface area contributed by atoms with Crippen LogP contribution in [0.25, 0.3) is 0 Å². The quantitative estimate of drug-likeness (QED) is 0.318. The first-order valence-corrected chi connectivity index (χ1v) is 12.9. The molecule has 8 nitrogen and oxygen atoms in total. The number of nitrogens with one attached hydrogen (secondary N) is 1. The predicted molar refractivity (Wildman–Crippen MR) is 146 cm³/mol. The standard InChI is InChI=1S/C26H27Cl2F3N6O2/c1-16(2)35-9-11-36(12-10-35)22-6-4-19(14-21(22)28)33-24-32-8-7-23(34-24)37(25(38)39)15-17-13-18(26(29,30)31)3-5-20(17)27/h3-8,13-14,16H,9-12,15H2,1-2H3,(H,38,39)(H,32,33,34). The van der Waals surface area contributed by atoms with E-state index in [2.05, 4.69) is 38.9 Å². The highest BCUT2D eigenvalue weighted by molar-refractivity contribution is 6.33. The van der Waals surface area contributed by atoms with Crippen LogP contribution in [0.1, 0.15) is 25.0 Å². The Labute approximate surface area is 234 Å². The molecule has 39 heavy (non-hydrogen) atoms. The zero-order chi connectivity index (χ0) is 28.3. The number of carboxylic acid groups (broad SMARTS) is 1. The van der Waals surface area contributed by atoms with E-state index >= 15 is 0 Å². The summed E-state index contributed by atoms with van der Waals surface area (Å²) in [5.74, 6) is 0.0440. The Balaban J connectivity index is 1.50. The van der Waals surface area contributed by atoms with Gasteiger partial charge in [0.25, 0.3) is 0 Å². The number of anilines is 4. The van der Waals surface area contributed by atoms with E-state index < -0.39 is 24.4 Å². The normalized spacial score (nSPS) is 14.5. The van der Waals surface area contributed by atoms with Gasteiger partial charge in [-0.2, -0.15) is 18.2 Å². The fraction of sp³-hybridized carbons (Fsp3) is 0.346. The van der Waals surface area contributed by atoms with Gasteiger partial charge in [-0.15, -0.1) is 0 Å². The Morgan fingerprint density at radius 3 is 2.41 bits per heavy atom. The molecule has 3 aromatic rings. The van der Waals surface area contributed by atoms with Gasteiger partial charge in [0, 0.05) is 49.1 Å². The first-order chi connectivity index (χ1) is 18.4. The minimum atomic E-state index is -4.60. The highest BCUT2D eigenvalue weighted by Gasteiger charge is 2.31. The van der Waals surface area contributed by atoms with Crippen LogP contribution >= 0.6 is 23.2 Å². The summed E-state index contributed by atoms with van der Waals surface area (Å²) in [6, 6.07) is 10.0. The highest BCUT2D eigenvalue weighted by atomic mass is 35.5. The number of carbonyl (C=O) groups is 1. The first kappa shape index (κ1) is 28.7. The van der Waals surface area contributed by atoms with E-state index in [0.717, 1.165) is 55.0 Å². The van der Waals surface area contributed by atoms with E-state index in [1.807, 2.05) is 12.1 Å². The molecule has 4 rings (SSSR count). The van der Waals surface area contributed by atoms with Crippen LogP contribution < -0.4 is 15.1 Å². The van der Waals surface area contributed by atoms with Crippen molar-refractivity contribution in [1.82, 2.24) is 14.9 Å². The second-order valence-corrected chi connectivity index (χ2v) is 10.1. The zero-order valence-corrected chi connectivity index (χ0v) is 22.7. The van der Waals surface area contributed by atoms with Crippen molar-refractivity contribution in [1.29, 1.82) is 0 Å². The third kappa shape index (κ3) is 7.03. The van der Waals surface area contributed by atoms with Crippen LogP contribution in [0.2, 0.25) is 10.0 Å². The maximum Gasteiger partial charge on any atom is 0.416 e. The molecule has 1 aromatic heterocycles. The topological polar surface area (TPSA) is 84.8 Å². The van der Waals surface area contributed by atoms with Crippen LogP contribution in [-0.2, 0) is 12.7 Å². The van der Waals surface area contributed by atoms with Gasteiger partial charge in [-0.1, -0.05) is 23.2 Å². The van der Waals surface area contributed by atoms with Gasteiger partial charge >= 0.3 is 12.3 Å². The van der Waals surface area contributed by atoms with Gasteiger partial charge in [-0.05, 0) is 61.9 Å². The minimum absolute atomic E-state index is 0.00186. The number of alkyl halides is 3. The Morgan fingerprint density at radius 2 is 1.79 bits per heavy atom. The molecule has 0 spiro atoms. The summed E-state index contributed by atoms with van der Waals surface area (Å²) in [6.45, 7) is 7.51.